The molecule has 2 aliphatic carbocycles. The van der Waals surface area contributed by atoms with Gasteiger partial charge < -0.3 is 0 Å². The Hall–Kier alpha value is -0.260. The van der Waals surface area contributed by atoms with Gasteiger partial charge in [0.05, 0.1) is 0 Å². The Kier molecular flexibility index (Phi) is 2.25. The van der Waals surface area contributed by atoms with Gasteiger partial charge in [0.2, 0.25) is 0 Å². The van der Waals surface area contributed by atoms with Gasteiger partial charge >= 0.3 is 0 Å². The first-order chi connectivity index (χ1) is 5.81. The van der Waals surface area contributed by atoms with E-state index in [1.807, 2.05) is 0 Å². The van der Waals surface area contributed by atoms with Gasteiger partial charge in [0.25, 0.3) is 0 Å². The number of allylic oxidation sites excluding steroid dienone is 1. The SMILES string of the molecule is C=C1CCCC2(CCCCC2)C1. The molecule has 2 aliphatic rings. The van der Waals surface area contributed by atoms with E-state index in [-0.39, 0.29) is 0 Å². The summed E-state index contributed by atoms with van der Waals surface area (Å²) >= 11 is 0. The van der Waals surface area contributed by atoms with Crippen LogP contribution in [0.4, 0.5) is 0 Å². The molecule has 12 heavy (non-hydrogen) atoms. The van der Waals surface area contributed by atoms with Crippen LogP contribution in [0, 0.1) is 5.41 Å². The van der Waals surface area contributed by atoms with E-state index in [0.717, 1.165) is 5.41 Å². The molecule has 0 aromatic heterocycles. The highest BCUT2D eigenvalue weighted by molar-refractivity contribution is 5.05. The number of hydrogen-bond acceptors (Lipinski definition) is 0. The minimum absolute atomic E-state index is 0.730. The zero-order chi connectivity index (χ0) is 8.44. The zero-order valence-electron chi connectivity index (χ0n) is 8.07. The lowest BCUT2D eigenvalue weighted by atomic mass is 9.64. The third-order valence-corrected chi connectivity index (χ3v) is 3.78. The Morgan fingerprint density at radius 3 is 2.25 bits per heavy atom. The van der Waals surface area contributed by atoms with E-state index in [1.54, 1.807) is 0 Å². The maximum absolute atomic E-state index is 4.16. The van der Waals surface area contributed by atoms with Gasteiger partial charge in [0.15, 0.2) is 0 Å². The van der Waals surface area contributed by atoms with Gasteiger partial charge in [-0.3, -0.25) is 0 Å². The summed E-state index contributed by atoms with van der Waals surface area (Å²) in [6.07, 6.45) is 13.0. The third kappa shape index (κ3) is 1.57. The van der Waals surface area contributed by atoms with Crippen molar-refractivity contribution in [2.45, 2.75) is 57.8 Å². The summed E-state index contributed by atoms with van der Waals surface area (Å²) in [5.74, 6) is 0. The molecule has 0 heteroatoms. The second-order valence-electron chi connectivity index (χ2n) is 4.84. The molecule has 0 N–H and O–H groups in total. The first-order valence-electron chi connectivity index (χ1n) is 5.47. The van der Waals surface area contributed by atoms with Crippen LogP contribution < -0.4 is 0 Å². The maximum Gasteiger partial charge on any atom is -0.0260 e. The summed E-state index contributed by atoms with van der Waals surface area (Å²) < 4.78 is 0. The fraction of sp³-hybridized carbons (Fsp3) is 0.833. The maximum atomic E-state index is 4.16. The summed E-state index contributed by atoms with van der Waals surface area (Å²) in [6, 6.07) is 0. The lowest BCUT2D eigenvalue weighted by molar-refractivity contribution is 0.150. The molecular formula is C12H20. The molecule has 0 radical (unpaired) electrons. The molecule has 0 atom stereocenters. The van der Waals surface area contributed by atoms with E-state index < -0.39 is 0 Å². The average Bonchev–Trinajstić information content (AvgIpc) is 2.05. The number of rotatable bonds is 0. The summed E-state index contributed by atoms with van der Waals surface area (Å²) in [4.78, 5) is 0. The first-order valence-corrected chi connectivity index (χ1v) is 5.47. The lowest BCUT2D eigenvalue weighted by Gasteiger charge is -2.41. The zero-order valence-corrected chi connectivity index (χ0v) is 8.07. The normalized spacial score (nSPS) is 29.2. The molecule has 0 aliphatic heterocycles. The Morgan fingerprint density at radius 1 is 0.917 bits per heavy atom. The van der Waals surface area contributed by atoms with Crippen molar-refractivity contribution < 1.29 is 0 Å². The van der Waals surface area contributed by atoms with Crippen molar-refractivity contribution >= 4 is 0 Å². The number of hydrogen-bond donors (Lipinski definition) is 0. The fourth-order valence-electron chi connectivity index (χ4n) is 3.15. The molecule has 0 amide bonds. The molecule has 0 bridgehead atoms. The Morgan fingerprint density at radius 2 is 1.58 bits per heavy atom. The highest BCUT2D eigenvalue weighted by Crippen LogP contribution is 2.48. The van der Waals surface area contributed by atoms with E-state index in [2.05, 4.69) is 6.58 Å². The summed E-state index contributed by atoms with van der Waals surface area (Å²) in [7, 11) is 0. The molecule has 2 rings (SSSR count). The molecule has 0 saturated heterocycles. The smallest absolute Gasteiger partial charge is 0.0260 e. The molecule has 0 aromatic rings. The van der Waals surface area contributed by atoms with Crippen molar-refractivity contribution in [3.63, 3.8) is 0 Å². The van der Waals surface area contributed by atoms with E-state index in [0.29, 0.717) is 0 Å². The van der Waals surface area contributed by atoms with Crippen LogP contribution in [0.15, 0.2) is 12.2 Å². The molecule has 68 valence electrons. The second kappa shape index (κ2) is 3.24. The van der Waals surface area contributed by atoms with E-state index in [9.17, 15) is 0 Å². The van der Waals surface area contributed by atoms with Crippen LogP contribution in [-0.2, 0) is 0 Å². The van der Waals surface area contributed by atoms with E-state index >= 15 is 0 Å². The average molecular weight is 164 g/mol. The Labute approximate surface area is 76.1 Å². The van der Waals surface area contributed by atoms with Gasteiger partial charge in [0.1, 0.15) is 0 Å². The van der Waals surface area contributed by atoms with Crippen LogP contribution in [0.5, 0.6) is 0 Å². The van der Waals surface area contributed by atoms with E-state index in [4.69, 9.17) is 0 Å². The molecule has 0 aromatic carbocycles. The van der Waals surface area contributed by atoms with Crippen molar-refractivity contribution in [3.8, 4) is 0 Å². The summed E-state index contributed by atoms with van der Waals surface area (Å²) in [5, 5.41) is 0. The molecular weight excluding hydrogens is 144 g/mol. The third-order valence-electron chi connectivity index (χ3n) is 3.78. The molecule has 2 saturated carbocycles. The van der Waals surface area contributed by atoms with Crippen LogP contribution in [0.2, 0.25) is 0 Å². The highest BCUT2D eigenvalue weighted by Gasteiger charge is 2.34. The minimum atomic E-state index is 0.730. The van der Waals surface area contributed by atoms with Crippen molar-refractivity contribution in [2.24, 2.45) is 5.41 Å². The van der Waals surface area contributed by atoms with Crippen LogP contribution in [0.1, 0.15) is 57.8 Å². The topological polar surface area (TPSA) is 0 Å². The fourth-order valence-corrected chi connectivity index (χ4v) is 3.15. The monoisotopic (exact) mass is 164 g/mol. The minimum Gasteiger partial charge on any atom is -0.0998 e. The second-order valence-corrected chi connectivity index (χ2v) is 4.84. The molecule has 0 heterocycles. The van der Waals surface area contributed by atoms with Crippen LogP contribution in [0.3, 0.4) is 0 Å². The van der Waals surface area contributed by atoms with Gasteiger partial charge in [-0.25, -0.2) is 0 Å². The molecule has 0 unspecified atom stereocenters. The Balaban J connectivity index is 2.02. The highest BCUT2D eigenvalue weighted by atomic mass is 14.4. The molecule has 1 spiro atoms. The summed E-state index contributed by atoms with van der Waals surface area (Å²) in [5.41, 5.74) is 2.26. The van der Waals surface area contributed by atoms with Crippen molar-refractivity contribution in [1.29, 1.82) is 0 Å². The van der Waals surface area contributed by atoms with Gasteiger partial charge in [-0.05, 0) is 43.9 Å². The molecule has 0 nitrogen and oxygen atoms in total. The first kappa shape index (κ1) is 8.34. The van der Waals surface area contributed by atoms with Crippen LogP contribution >= 0.6 is 0 Å². The quantitative estimate of drug-likeness (QED) is 0.473. The standard InChI is InChI=1S/C12H20/c1-11-6-5-9-12(10-11)7-3-2-4-8-12/h1-10H2. The van der Waals surface area contributed by atoms with Gasteiger partial charge in [-0.15, -0.1) is 0 Å². The largest absolute Gasteiger partial charge is 0.0998 e. The summed E-state index contributed by atoms with van der Waals surface area (Å²) in [6.45, 7) is 4.16. The van der Waals surface area contributed by atoms with Crippen molar-refractivity contribution in [1.82, 2.24) is 0 Å². The lowest BCUT2D eigenvalue weighted by Crippen LogP contribution is -2.27. The van der Waals surface area contributed by atoms with Gasteiger partial charge in [-0.2, -0.15) is 0 Å². The van der Waals surface area contributed by atoms with Crippen LogP contribution in [-0.4, -0.2) is 0 Å². The van der Waals surface area contributed by atoms with Crippen LogP contribution in [0.25, 0.3) is 0 Å². The predicted octanol–water partition coefficient (Wildman–Crippen LogP) is 4.07. The molecule has 2 fully saturated rings. The van der Waals surface area contributed by atoms with E-state index in [1.165, 1.54) is 63.4 Å². The van der Waals surface area contributed by atoms with Gasteiger partial charge in [0, 0.05) is 0 Å². The predicted molar refractivity (Wildman–Crippen MR) is 53.1 cm³/mol. The Bertz CT molecular complexity index is 167. The van der Waals surface area contributed by atoms with Gasteiger partial charge in [-0.1, -0.05) is 31.4 Å². The van der Waals surface area contributed by atoms with Crippen molar-refractivity contribution in [2.75, 3.05) is 0 Å². The van der Waals surface area contributed by atoms with Crippen molar-refractivity contribution in [3.05, 3.63) is 12.2 Å².